The first-order valence-electron chi connectivity index (χ1n) is 8.72. The lowest BCUT2D eigenvalue weighted by Crippen LogP contribution is -2.57. The molecule has 0 saturated carbocycles. The molecule has 0 N–H and O–H groups in total. The van der Waals surface area contributed by atoms with Crippen LogP contribution in [0.2, 0.25) is 0 Å². The molecule has 1 aromatic carbocycles. The number of ether oxygens (including phenoxy) is 2. The van der Waals surface area contributed by atoms with Crippen molar-refractivity contribution in [1.82, 2.24) is 4.90 Å². The molecular weight excluding hydrogens is 321 g/mol. The number of benzene rings is 1. The maximum Gasteiger partial charge on any atom is 0.411 e. The van der Waals surface area contributed by atoms with E-state index in [-0.39, 0.29) is 24.0 Å². The molecule has 0 radical (unpaired) electrons. The molecule has 2 bridgehead atoms. The van der Waals surface area contributed by atoms with Crippen LogP contribution < -0.4 is 0 Å². The summed E-state index contributed by atoms with van der Waals surface area (Å²) in [7, 11) is 0. The fourth-order valence-corrected chi connectivity index (χ4v) is 3.80. The summed E-state index contributed by atoms with van der Waals surface area (Å²) in [5.41, 5.74) is 3.57. The van der Waals surface area contributed by atoms with E-state index in [1.54, 1.807) is 17.0 Å². The molecule has 1 aromatic rings. The zero-order valence-electron chi connectivity index (χ0n) is 15.6. The smallest absolute Gasteiger partial charge is 0.411 e. The number of hydrogen-bond acceptors (Lipinski definition) is 3. The van der Waals surface area contributed by atoms with Crippen molar-refractivity contribution in [3.8, 4) is 0 Å². The maximum atomic E-state index is 13.6. The number of rotatable bonds is 1. The van der Waals surface area contributed by atoms with E-state index in [9.17, 15) is 9.18 Å². The molecule has 25 heavy (non-hydrogen) atoms. The molecule has 3 rings (SSSR count). The van der Waals surface area contributed by atoms with E-state index in [0.717, 1.165) is 22.3 Å². The Bertz CT molecular complexity index is 697. The van der Waals surface area contributed by atoms with Gasteiger partial charge in [-0.05, 0) is 75.4 Å². The summed E-state index contributed by atoms with van der Waals surface area (Å²) in [5.74, 6) is -0.214. The van der Waals surface area contributed by atoms with Gasteiger partial charge >= 0.3 is 6.09 Å². The van der Waals surface area contributed by atoms with Crippen LogP contribution in [0.5, 0.6) is 0 Å². The first-order valence-corrected chi connectivity index (χ1v) is 8.72. The molecular formula is C20H26FNO3. The predicted molar refractivity (Wildman–Crippen MR) is 94.9 cm³/mol. The van der Waals surface area contributed by atoms with Crippen molar-refractivity contribution in [2.45, 2.75) is 58.7 Å². The van der Waals surface area contributed by atoms with Gasteiger partial charge in [0, 0.05) is 0 Å². The summed E-state index contributed by atoms with van der Waals surface area (Å²) in [6.07, 6.45) is 2.46. The molecule has 136 valence electrons. The van der Waals surface area contributed by atoms with Gasteiger partial charge in [0.25, 0.3) is 0 Å². The van der Waals surface area contributed by atoms with Crippen molar-refractivity contribution in [2.75, 3.05) is 13.2 Å². The zero-order valence-corrected chi connectivity index (χ0v) is 15.6. The molecule has 1 amide bonds. The fourth-order valence-electron chi connectivity index (χ4n) is 3.80. The van der Waals surface area contributed by atoms with Gasteiger partial charge in [0.1, 0.15) is 11.4 Å². The standard InChI is InChI=1S/C20H26FNO3/c1-12-6-15(21)7-13(2)18(12)14-8-16-10-24-11-17(9-14)22(16)19(23)25-20(3,4)5/h6-8,16-17H,9-11H2,1-5H3. The topological polar surface area (TPSA) is 38.8 Å². The number of halogens is 1. The number of aryl methyl sites for hydroxylation is 2. The van der Waals surface area contributed by atoms with Crippen LogP contribution in [0.25, 0.3) is 5.57 Å². The Morgan fingerprint density at radius 2 is 1.88 bits per heavy atom. The largest absolute Gasteiger partial charge is 0.444 e. The van der Waals surface area contributed by atoms with E-state index in [4.69, 9.17) is 9.47 Å². The third kappa shape index (κ3) is 3.71. The van der Waals surface area contributed by atoms with Crippen LogP contribution in [-0.2, 0) is 9.47 Å². The van der Waals surface area contributed by atoms with Crippen molar-refractivity contribution >= 4 is 11.7 Å². The van der Waals surface area contributed by atoms with E-state index in [2.05, 4.69) is 6.08 Å². The Hall–Kier alpha value is -1.88. The third-order valence-electron chi connectivity index (χ3n) is 4.62. The van der Waals surface area contributed by atoms with Gasteiger partial charge in [-0.25, -0.2) is 9.18 Å². The minimum absolute atomic E-state index is 0.0579. The SMILES string of the molecule is Cc1cc(F)cc(C)c1C1=CC2COCC(C1)N2C(=O)OC(C)(C)C. The van der Waals surface area contributed by atoms with Crippen molar-refractivity contribution < 1.29 is 18.7 Å². The molecule has 1 fully saturated rings. The molecule has 2 heterocycles. The molecule has 2 aliphatic rings. The first kappa shape index (κ1) is 17.9. The number of nitrogens with zero attached hydrogens (tertiary/aromatic N) is 1. The highest BCUT2D eigenvalue weighted by Gasteiger charge is 2.40. The van der Waals surface area contributed by atoms with Gasteiger partial charge in [0.15, 0.2) is 0 Å². The normalized spacial score (nSPS) is 23.3. The van der Waals surface area contributed by atoms with Gasteiger partial charge in [-0.15, -0.1) is 0 Å². The van der Waals surface area contributed by atoms with Crippen LogP contribution in [0, 0.1) is 19.7 Å². The second kappa shape index (κ2) is 6.45. The lowest BCUT2D eigenvalue weighted by Gasteiger charge is -2.45. The number of amides is 1. The fraction of sp³-hybridized carbons (Fsp3) is 0.550. The van der Waals surface area contributed by atoms with Crippen molar-refractivity contribution in [3.63, 3.8) is 0 Å². The van der Waals surface area contributed by atoms with Crippen molar-refractivity contribution in [3.05, 3.63) is 40.7 Å². The van der Waals surface area contributed by atoms with Gasteiger partial charge in [-0.1, -0.05) is 6.08 Å². The van der Waals surface area contributed by atoms with Crippen molar-refractivity contribution in [1.29, 1.82) is 0 Å². The van der Waals surface area contributed by atoms with Crippen LogP contribution in [-0.4, -0.2) is 41.9 Å². The minimum Gasteiger partial charge on any atom is -0.444 e. The van der Waals surface area contributed by atoms with Gasteiger partial charge in [-0.2, -0.15) is 0 Å². The average Bonchev–Trinajstić information content (AvgIpc) is 2.43. The minimum atomic E-state index is -0.527. The van der Waals surface area contributed by atoms with Crippen LogP contribution in [0.3, 0.4) is 0 Å². The molecule has 4 nitrogen and oxygen atoms in total. The number of hydrogen-bond donors (Lipinski definition) is 0. The Morgan fingerprint density at radius 1 is 1.24 bits per heavy atom. The molecule has 5 heteroatoms. The summed E-state index contributed by atoms with van der Waals surface area (Å²) < 4.78 is 24.8. The van der Waals surface area contributed by atoms with Crippen LogP contribution >= 0.6 is 0 Å². The van der Waals surface area contributed by atoms with Gasteiger partial charge in [0.2, 0.25) is 0 Å². The molecule has 2 aliphatic heterocycles. The monoisotopic (exact) mass is 347 g/mol. The Morgan fingerprint density at radius 3 is 2.44 bits per heavy atom. The van der Waals surface area contributed by atoms with Crippen LogP contribution in [0.1, 0.15) is 43.9 Å². The highest BCUT2D eigenvalue weighted by atomic mass is 19.1. The average molecular weight is 347 g/mol. The second-order valence-corrected chi connectivity index (χ2v) is 7.96. The van der Waals surface area contributed by atoms with E-state index in [1.807, 2.05) is 34.6 Å². The molecule has 0 aliphatic carbocycles. The summed E-state index contributed by atoms with van der Waals surface area (Å²) in [6.45, 7) is 10.4. The number of carbonyl (C=O) groups is 1. The highest BCUT2D eigenvalue weighted by Crippen LogP contribution is 2.36. The van der Waals surface area contributed by atoms with Gasteiger partial charge in [-0.3, -0.25) is 4.90 Å². The Kier molecular flexibility index (Phi) is 4.62. The summed E-state index contributed by atoms with van der Waals surface area (Å²) in [5, 5.41) is 0. The quantitative estimate of drug-likeness (QED) is 0.763. The van der Waals surface area contributed by atoms with Gasteiger partial charge < -0.3 is 9.47 Å². The molecule has 2 atom stereocenters. The highest BCUT2D eigenvalue weighted by molar-refractivity contribution is 5.77. The number of morpholine rings is 1. The van der Waals surface area contributed by atoms with E-state index in [1.165, 1.54) is 0 Å². The Balaban J connectivity index is 1.93. The molecule has 2 unspecified atom stereocenters. The number of carbonyl (C=O) groups excluding carboxylic acids is 1. The summed E-state index contributed by atoms with van der Waals surface area (Å²) in [4.78, 5) is 14.4. The van der Waals surface area contributed by atoms with Crippen LogP contribution in [0.4, 0.5) is 9.18 Å². The van der Waals surface area contributed by atoms with E-state index in [0.29, 0.717) is 19.6 Å². The number of fused-ring (bicyclic) bond motifs is 2. The van der Waals surface area contributed by atoms with E-state index >= 15 is 0 Å². The molecule has 0 spiro atoms. The Labute approximate surface area is 148 Å². The maximum absolute atomic E-state index is 13.6. The predicted octanol–water partition coefficient (Wildman–Crippen LogP) is 4.23. The summed E-state index contributed by atoms with van der Waals surface area (Å²) in [6, 6.07) is 2.92. The van der Waals surface area contributed by atoms with Crippen LogP contribution in [0.15, 0.2) is 18.2 Å². The van der Waals surface area contributed by atoms with E-state index < -0.39 is 5.60 Å². The van der Waals surface area contributed by atoms with Gasteiger partial charge in [0.05, 0.1) is 25.3 Å². The molecule has 1 saturated heterocycles. The zero-order chi connectivity index (χ0) is 18.4. The second-order valence-electron chi connectivity index (χ2n) is 7.96. The summed E-state index contributed by atoms with van der Waals surface area (Å²) >= 11 is 0. The van der Waals surface area contributed by atoms with Crippen molar-refractivity contribution in [2.24, 2.45) is 0 Å². The lowest BCUT2D eigenvalue weighted by molar-refractivity contribution is -0.0510. The molecule has 0 aromatic heterocycles. The first-order chi connectivity index (χ1) is 11.7. The third-order valence-corrected chi connectivity index (χ3v) is 4.62. The lowest BCUT2D eigenvalue weighted by atomic mass is 9.86.